The molecular formula is C33H38N6O9. The van der Waals surface area contributed by atoms with Crippen LogP contribution in [0.4, 0.5) is 4.79 Å². The van der Waals surface area contributed by atoms with E-state index in [0.717, 1.165) is 27.9 Å². The highest BCUT2D eigenvalue weighted by atomic mass is 17.1. The number of unbranched alkanes of at least 4 members (excludes halogenated alkanes) is 1. The second-order valence-corrected chi connectivity index (χ2v) is 11.2. The summed E-state index contributed by atoms with van der Waals surface area (Å²) < 4.78 is 10.3. The molecular weight excluding hydrogens is 624 g/mol. The zero-order valence-electron chi connectivity index (χ0n) is 26.8. The average Bonchev–Trinajstić information content (AvgIpc) is 3.54. The Kier molecular flexibility index (Phi) is 12.7. The molecule has 1 amide bonds. The Morgan fingerprint density at radius 2 is 1.67 bits per heavy atom. The minimum Gasteiger partial charge on any atom is -0.480 e. The number of carboxylic acids is 1. The molecule has 15 nitrogen and oxygen atoms in total. The van der Waals surface area contributed by atoms with Crippen LogP contribution in [0.3, 0.4) is 0 Å². The summed E-state index contributed by atoms with van der Waals surface area (Å²) in [6, 6.07) is 20.2. The van der Waals surface area contributed by atoms with E-state index in [1.54, 1.807) is 26.0 Å². The van der Waals surface area contributed by atoms with E-state index < -0.39 is 23.6 Å². The number of nitrogens with zero attached hydrogens (tertiary/aromatic N) is 6. The molecule has 3 N–H and O–H groups in total. The predicted octanol–water partition coefficient (Wildman–Crippen LogP) is 5.32. The van der Waals surface area contributed by atoms with Gasteiger partial charge in [-0.25, -0.2) is 14.4 Å². The Hall–Kier alpha value is -5.22. The highest BCUT2D eigenvalue weighted by molar-refractivity contribution is 5.84. The lowest BCUT2D eigenvalue weighted by Gasteiger charge is -2.32. The SMILES string of the molecule is CCCCC(=O)N(Cc1ccc(-c2ccccc2-c2nnn(COC(=O)Oc3cccc(CON(O)O)c3)n2)cc1)[C@H](C(=O)O)C(C)C. The van der Waals surface area contributed by atoms with E-state index in [-0.39, 0.29) is 43.3 Å². The fraction of sp³-hybridized carbons (Fsp3) is 0.333. The van der Waals surface area contributed by atoms with Gasteiger partial charge in [0.2, 0.25) is 18.5 Å². The summed E-state index contributed by atoms with van der Waals surface area (Å²) in [5.41, 5.74) is 3.61. The van der Waals surface area contributed by atoms with E-state index in [2.05, 4.69) is 20.2 Å². The highest BCUT2D eigenvalue weighted by Crippen LogP contribution is 2.30. The van der Waals surface area contributed by atoms with E-state index in [1.165, 1.54) is 17.0 Å². The summed E-state index contributed by atoms with van der Waals surface area (Å²) >= 11 is 0. The number of ether oxygens (including phenoxy) is 2. The maximum absolute atomic E-state index is 13.1. The Morgan fingerprint density at radius 1 is 0.938 bits per heavy atom. The van der Waals surface area contributed by atoms with E-state index in [1.807, 2.05) is 55.5 Å². The molecule has 4 rings (SSSR count). The number of hydrogen-bond acceptors (Lipinski definition) is 12. The molecule has 15 heteroatoms. The fourth-order valence-corrected chi connectivity index (χ4v) is 4.98. The number of tetrazole rings is 1. The van der Waals surface area contributed by atoms with Gasteiger partial charge < -0.3 is 19.5 Å². The molecule has 4 aromatic rings. The van der Waals surface area contributed by atoms with Crippen molar-refractivity contribution in [2.24, 2.45) is 5.92 Å². The van der Waals surface area contributed by atoms with E-state index in [0.29, 0.717) is 24.0 Å². The minimum absolute atomic E-state index is 0.146. The van der Waals surface area contributed by atoms with Crippen molar-refractivity contribution in [2.75, 3.05) is 0 Å². The van der Waals surface area contributed by atoms with Gasteiger partial charge in [-0.2, -0.15) is 0 Å². The molecule has 0 saturated heterocycles. The predicted molar refractivity (Wildman–Crippen MR) is 169 cm³/mol. The van der Waals surface area contributed by atoms with E-state index in [9.17, 15) is 19.5 Å². The molecule has 0 fully saturated rings. The van der Waals surface area contributed by atoms with Crippen LogP contribution in [0.15, 0.2) is 72.8 Å². The number of hydrogen-bond donors (Lipinski definition) is 3. The number of amides is 1. The molecule has 0 aliphatic rings. The third kappa shape index (κ3) is 9.89. The molecule has 0 spiro atoms. The van der Waals surface area contributed by atoms with Crippen LogP contribution < -0.4 is 4.74 Å². The van der Waals surface area contributed by atoms with Gasteiger partial charge in [0.1, 0.15) is 11.8 Å². The lowest BCUT2D eigenvalue weighted by molar-refractivity contribution is -0.497. The van der Waals surface area contributed by atoms with Gasteiger partial charge in [-0.15, -0.1) is 15.0 Å². The summed E-state index contributed by atoms with van der Waals surface area (Å²) in [7, 11) is 0. The average molecular weight is 663 g/mol. The second-order valence-electron chi connectivity index (χ2n) is 11.2. The van der Waals surface area contributed by atoms with Gasteiger partial charge in [0.15, 0.2) is 0 Å². The number of rotatable bonds is 16. The van der Waals surface area contributed by atoms with Crippen molar-refractivity contribution >= 4 is 18.0 Å². The molecule has 0 saturated carbocycles. The Morgan fingerprint density at radius 3 is 2.33 bits per heavy atom. The maximum Gasteiger partial charge on any atom is 0.515 e. The monoisotopic (exact) mass is 662 g/mol. The van der Waals surface area contributed by atoms with Crippen LogP contribution in [0, 0.1) is 5.92 Å². The highest BCUT2D eigenvalue weighted by Gasteiger charge is 2.32. The standard InChI is InChI=1S/C33H38N6O9/c1-4-5-13-29(40)37(30(22(2)3)32(41)42)19-23-14-16-25(17-15-23)27-11-6-7-12-28(27)31-34-36-38(35-31)21-46-33(43)48-26-10-8-9-24(18-26)20-47-39(44)45/h6-12,14-18,22,30,44-45H,4-5,13,19-21H2,1-3H3,(H,41,42)/t30-/m0/s1. The summed E-state index contributed by atoms with van der Waals surface area (Å²) in [5, 5.41) is 39.3. The normalized spacial score (nSPS) is 11.8. The first-order chi connectivity index (χ1) is 23.0. The van der Waals surface area contributed by atoms with Gasteiger partial charge >= 0.3 is 12.1 Å². The van der Waals surface area contributed by atoms with Crippen molar-refractivity contribution in [2.45, 2.75) is 66.0 Å². The van der Waals surface area contributed by atoms with E-state index >= 15 is 0 Å². The lowest BCUT2D eigenvalue weighted by Crippen LogP contribution is -2.47. The molecule has 0 bridgehead atoms. The quantitative estimate of drug-likeness (QED) is 0.0795. The van der Waals surface area contributed by atoms with Gasteiger partial charge in [0.05, 0.1) is 12.0 Å². The molecule has 1 atom stereocenters. The molecule has 254 valence electrons. The first kappa shape index (κ1) is 35.6. The first-order valence-electron chi connectivity index (χ1n) is 15.3. The van der Waals surface area contributed by atoms with Crippen LogP contribution in [0.2, 0.25) is 0 Å². The third-order valence-electron chi connectivity index (χ3n) is 7.27. The third-order valence-corrected chi connectivity index (χ3v) is 7.27. The van der Waals surface area contributed by atoms with Crippen LogP contribution in [0.5, 0.6) is 5.75 Å². The molecule has 0 unspecified atom stereocenters. The number of carboxylic acid groups (broad SMARTS) is 1. The smallest absolute Gasteiger partial charge is 0.480 e. The maximum atomic E-state index is 13.1. The number of benzene rings is 3. The number of carbonyl (C=O) groups excluding carboxylic acids is 2. The summed E-state index contributed by atoms with van der Waals surface area (Å²) in [6.07, 6.45) is 0.792. The van der Waals surface area contributed by atoms with Crippen LogP contribution >= 0.6 is 0 Å². The minimum atomic E-state index is -1.03. The van der Waals surface area contributed by atoms with Gasteiger partial charge in [0.25, 0.3) is 0 Å². The zero-order chi connectivity index (χ0) is 34.6. The molecule has 3 aromatic carbocycles. The van der Waals surface area contributed by atoms with Gasteiger partial charge in [-0.3, -0.25) is 15.2 Å². The number of aromatic nitrogens is 4. The Balaban J connectivity index is 1.43. The van der Waals surface area contributed by atoms with Crippen LogP contribution in [0.25, 0.3) is 22.5 Å². The van der Waals surface area contributed by atoms with E-state index in [4.69, 9.17) is 19.9 Å². The van der Waals surface area contributed by atoms with Crippen molar-refractivity contribution < 1.29 is 44.2 Å². The molecule has 1 aromatic heterocycles. The first-order valence-corrected chi connectivity index (χ1v) is 15.3. The Bertz CT molecular complexity index is 1680. The molecule has 0 aliphatic carbocycles. The van der Waals surface area contributed by atoms with Crippen molar-refractivity contribution in [1.82, 2.24) is 30.5 Å². The number of aliphatic carboxylic acids is 1. The Labute approximate surface area is 276 Å². The number of carbonyl (C=O) groups is 3. The molecule has 1 heterocycles. The van der Waals surface area contributed by atoms with Crippen molar-refractivity contribution in [3.63, 3.8) is 0 Å². The zero-order valence-corrected chi connectivity index (χ0v) is 26.8. The van der Waals surface area contributed by atoms with Gasteiger partial charge in [-0.05, 0) is 51.9 Å². The molecule has 0 radical (unpaired) electrons. The van der Waals surface area contributed by atoms with Crippen molar-refractivity contribution in [1.29, 1.82) is 0 Å². The fourth-order valence-electron chi connectivity index (χ4n) is 4.98. The van der Waals surface area contributed by atoms with Crippen molar-refractivity contribution in [3.8, 4) is 28.3 Å². The largest absolute Gasteiger partial charge is 0.515 e. The van der Waals surface area contributed by atoms with Gasteiger partial charge in [-0.1, -0.05) is 87.9 Å². The topological polar surface area (TPSA) is 190 Å². The van der Waals surface area contributed by atoms with Gasteiger partial charge in [0, 0.05) is 18.5 Å². The lowest BCUT2D eigenvalue weighted by atomic mass is 9.97. The molecule has 0 aliphatic heterocycles. The molecule has 48 heavy (non-hydrogen) atoms. The summed E-state index contributed by atoms with van der Waals surface area (Å²) in [5.74, 6) is -1.04. The summed E-state index contributed by atoms with van der Waals surface area (Å²) in [4.78, 5) is 44.5. The van der Waals surface area contributed by atoms with Crippen LogP contribution in [0.1, 0.15) is 51.2 Å². The second kappa shape index (κ2) is 17.1. The van der Waals surface area contributed by atoms with Crippen molar-refractivity contribution in [3.05, 3.63) is 83.9 Å². The van der Waals surface area contributed by atoms with Crippen LogP contribution in [-0.4, -0.2) is 70.1 Å². The van der Waals surface area contributed by atoms with Crippen LogP contribution in [-0.2, 0) is 39.0 Å². The summed E-state index contributed by atoms with van der Waals surface area (Å²) in [6.45, 7) is 5.19.